The van der Waals surface area contributed by atoms with Gasteiger partial charge in [-0.1, -0.05) is 49.0 Å². The average Bonchev–Trinajstić information content (AvgIpc) is 2.40. The van der Waals surface area contributed by atoms with Crippen molar-refractivity contribution in [3.05, 3.63) is 71.8 Å². The maximum absolute atomic E-state index is 4.40. The fourth-order valence-corrected chi connectivity index (χ4v) is 2.04. The van der Waals surface area contributed by atoms with Gasteiger partial charge in [0.25, 0.3) is 0 Å². The van der Waals surface area contributed by atoms with Crippen LogP contribution in [0.15, 0.2) is 60.1 Å². The van der Waals surface area contributed by atoms with Crippen molar-refractivity contribution in [3.63, 3.8) is 0 Å². The molecule has 0 spiro atoms. The van der Waals surface area contributed by atoms with Crippen molar-refractivity contribution in [1.82, 2.24) is 0 Å². The molecule has 0 saturated heterocycles. The summed E-state index contributed by atoms with van der Waals surface area (Å²) in [5.74, 6) is 0. The molecule has 1 heteroatoms. The van der Waals surface area contributed by atoms with Gasteiger partial charge < -0.3 is 0 Å². The van der Waals surface area contributed by atoms with Gasteiger partial charge in [0.1, 0.15) is 0 Å². The number of nitrogens with zero attached hydrogens (tertiary/aromatic N) is 1. The van der Waals surface area contributed by atoms with Gasteiger partial charge in [-0.25, -0.2) is 0 Å². The van der Waals surface area contributed by atoms with Crippen LogP contribution in [0.25, 0.3) is 5.57 Å². The second kappa shape index (κ2) is 5.46. The molecule has 2 rings (SSSR count). The number of aliphatic imine (C=N–C) groups is 1. The summed E-state index contributed by atoms with van der Waals surface area (Å²) in [6.45, 7) is 8.25. The molecule has 2 aromatic rings. The monoisotopic (exact) mass is 235 g/mol. The number of hydrogen-bond acceptors (Lipinski definition) is 1. The Morgan fingerprint density at radius 1 is 1.00 bits per heavy atom. The molecular weight excluding hydrogens is 218 g/mol. The van der Waals surface area contributed by atoms with Crippen LogP contribution < -0.4 is 0 Å². The highest BCUT2D eigenvalue weighted by molar-refractivity contribution is 5.85. The molecule has 0 aliphatic carbocycles. The Balaban J connectivity index is 2.50. The summed E-state index contributed by atoms with van der Waals surface area (Å²) in [7, 11) is 0. The zero-order valence-electron chi connectivity index (χ0n) is 10.9. The quantitative estimate of drug-likeness (QED) is 0.679. The third kappa shape index (κ3) is 2.40. The van der Waals surface area contributed by atoms with E-state index in [2.05, 4.69) is 36.7 Å². The van der Waals surface area contributed by atoms with E-state index >= 15 is 0 Å². The van der Waals surface area contributed by atoms with Crippen molar-refractivity contribution in [2.45, 2.75) is 13.8 Å². The third-order valence-electron chi connectivity index (χ3n) is 2.97. The molecular formula is C17H17N. The Morgan fingerprint density at radius 3 is 2.28 bits per heavy atom. The second-order valence-electron chi connectivity index (χ2n) is 4.20. The lowest BCUT2D eigenvalue weighted by Crippen LogP contribution is -1.90. The Bertz CT molecular complexity index is 594. The first kappa shape index (κ1) is 12.3. The van der Waals surface area contributed by atoms with Crippen molar-refractivity contribution in [3.8, 4) is 0 Å². The van der Waals surface area contributed by atoms with Crippen LogP contribution in [-0.2, 0) is 0 Å². The summed E-state index contributed by atoms with van der Waals surface area (Å²) in [5, 5.41) is 0. The van der Waals surface area contributed by atoms with Crippen LogP contribution >= 0.6 is 0 Å². The standard InChI is InChI=1S/C17H17N/c1-4-18-17-12-8-7-11-16(17)14(3)15-10-6-5-9-13(15)2/h4-12H,3H2,1-2H3/b18-4-. The molecule has 18 heavy (non-hydrogen) atoms. The van der Waals surface area contributed by atoms with Crippen LogP contribution in [0.2, 0.25) is 0 Å². The first-order chi connectivity index (χ1) is 8.74. The van der Waals surface area contributed by atoms with Crippen molar-refractivity contribution >= 4 is 17.5 Å². The molecule has 2 aromatic carbocycles. The molecule has 0 amide bonds. The smallest absolute Gasteiger partial charge is 0.0703 e. The Morgan fingerprint density at radius 2 is 1.61 bits per heavy atom. The first-order valence-corrected chi connectivity index (χ1v) is 6.07. The van der Waals surface area contributed by atoms with Crippen LogP contribution in [0.5, 0.6) is 0 Å². The lowest BCUT2D eigenvalue weighted by molar-refractivity contribution is 1.40. The highest BCUT2D eigenvalue weighted by Crippen LogP contribution is 2.31. The van der Waals surface area contributed by atoms with E-state index in [1.165, 1.54) is 11.1 Å². The fraction of sp³-hybridized carbons (Fsp3) is 0.118. The summed E-state index contributed by atoms with van der Waals surface area (Å²) >= 11 is 0. The predicted molar refractivity (Wildman–Crippen MR) is 79.6 cm³/mol. The van der Waals surface area contributed by atoms with Crippen molar-refractivity contribution < 1.29 is 0 Å². The molecule has 1 nitrogen and oxygen atoms in total. The van der Waals surface area contributed by atoms with E-state index in [0.29, 0.717) is 0 Å². The molecule has 90 valence electrons. The van der Waals surface area contributed by atoms with Gasteiger partial charge in [-0.3, -0.25) is 4.99 Å². The van der Waals surface area contributed by atoms with Gasteiger partial charge in [0.05, 0.1) is 5.69 Å². The molecule has 0 N–H and O–H groups in total. The highest BCUT2D eigenvalue weighted by atomic mass is 14.7. The Kier molecular flexibility index (Phi) is 3.73. The summed E-state index contributed by atoms with van der Waals surface area (Å²) < 4.78 is 0. The van der Waals surface area contributed by atoms with E-state index in [-0.39, 0.29) is 0 Å². The highest BCUT2D eigenvalue weighted by Gasteiger charge is 2.08. The van der Waals surface area contributed by atoms with Crippen LogP contribution in [0.1, 0.15) is 23.6 Å². The van der Waals surface area contributed by atoms with Crippen LogP contribution in [0, 0.1) is 6.92 Å². The number of rotatable bonds is 3. The van der Waals surface area contributed by atoms with Crippen molar-refractivity contribution in [2.24, 2.45) is 4.99 Å². The fourth-order valence-electron chi connectivity index (χ4n) is 2.04. The topological polar surface area (TPSA) is 12.4 Å². The van der Waals surface area contributed by atoms with Gasteiger partial charge in [-0.15, -0.1) is 0 Å². The lowest BCUT2D eigenvalue weighted by Gasteiger charge is -2.11. The second-order valence-corrected chi connectivity index (χ2v) is 4.20. The molecule has 0 aromatic heterocycles. The van der Waals surface area contributed by atoms with Gasteiger partial charge in [0, 0.05) is 11.8 Å². The molecule has 0 bridgehead atoms. The van der Waals surface area contributed by atoms with E-state index in [9.17, 15) is 0 Å². The van der Waals surface area contributed by atoms with Crippen molar-refractivity contribution in [2.75, 3.05) is 0 Å². The molecule has 0 aliphatic rings. The average molecular weight is 235 g/mol. The minimum Gasteiger partial charge on any atom is -0.261 e. The number of aryl methyl sites for hydroxylation is 1. The first-order valence-electron chi connectivity index (χ1n) is 6.07. The van der Waals surface area contributed by atoms with E-state index < -0.39 is 0 Å². The summed E-state index contributed by atoms with van der Waals surface area (Å²) in [6.07, 6.45) is 1.81. The molecule has 0 fully saturated rings. The third-order valence-corrected chi connectivity index (χ3v) is 2.97. The zero-order chi connectivity index (χ0) is 13.0. The summed E-state index contributed by atoms with van der Waals surface area (Å²) in [6, 6.07) is 16.4. The molecule has 0 radical (unpaired) electrons. The summed E-state index contributed by atoms with van der Waals surface area (Å²) in [4.78, 5) is 4.40. The Labute approximate surface area is 109 Å². The zero-order valence-corrected chi connectivity index (χ0v) is 10.9. The van der Waals surface area contributed by atoms with E-state index in [1.54, 1.807) is 0 Å². The van der Waals surface area contributed by atoms with Gasteiger partial charge in [0.15, 0.2) is 0 Å². The number of benzene rings is 2. The van der Waals surface area contributed by atoms with Crippen LogP contribution in [0.4, 0.5) is 5.69 Å². The molecule has 0 saturated carbocycles. The van der Waals surface area contributed by atoms with E-state index in [0.717, 1.165) is 16.8 Å². The maximum Gasteiger partial charge on any atom is 0.0703 e. The minimum absolute atomic E-state index is 0.966. The van der Waals surface area contributed by atoms with E-state index in [1.807, 2.05) is 43.5 Å². The predicted octanol–water partition coefficient (Wildman–Crippen LogP) is 4.78. The van der Waals surface area contributed by atoms with Gasteiger partial charge in [-0.2, -0.15) is 0 Å². The van der Waals surface area contributed by atoms with E-state index in [4.69, 9.17) is 0 Å². The largest absolute Gasteiger partial charge is 0.261 e. The SMILES string of the molecule is C=C(c1ccccc1C)c1ccccc1/N=C\C. The molecule has 0 unspecified atom stereocenters. The lowest BCUT2D eigenvalue weighted by atomic mass is 9.95. The van der Waals surface area contributed by atoms with Crippen LogP contribution in [-0.4, -0.2) is 6.21 Å². The normalized spacial score (nSPS) is 10.8. The van der Waals surface area contributed by atoms with Crippen LogP contribution in [0.3, 0.4) is 0 Å². The number of hydrogen-bond donors (Lipinski definition) is 0. The summed E-state index contributed by atoms with van der Waals surface area (Å²) in [5.41, 5.74) is 5.49. The molecule has 0 atom stereocenters. The molecule has 0 aliphatic heterocycles. The maximum atomic E-state index is 4.40. The van der Waals surface area contributed by atoms with Crippen molar-refractivity contribution in [1.29, 1.82) is 0 Å². The van der Waals surface area contributed by atoms with Gasteiger partial charge in [0.2, 0.25) is 0 Å². The Hall–Kier alpha value is -2.15. The number of para-hydroxylation sites is 1. The van der Waals surface area contributed by atoms with Gasteiger partial charge >= 0.3 is 0 Å². The minimum atomic E-state index is 0.966. The molecule has 0 heterocycles. The van der Waals surface area contributed by atoms with Gasteiger partial charge in [-0.05, 0) is 36.6 Å².